The minimum absolute atomic E-state index is 0.0436. The molecule has 0 radical (unpaired) electrons. The monoisotopic (exact) mass is 271 g/mol. The van der Waals surface area contributed by atoms with Crippen LogP contribution < -0.4 is 10.1 Å². The minimum atomic E-state index is -2.98. The Bertz CT molecular complexity index is 483. The van der Waals surface area contributed by atoms with Crippen molar-refractivity contribution < 1.29 is 13.2 Å². The maximum atomic E-state index is 11.1. The lowest BCUT2D eigenvalue weighted by atomic mass is 10.1. The lowest BCUT2D eigenvalue weighted by molar-refractivity contribution is 0.334. The summed E-state index contributed by atoms with van der Waals surface area (Å²) in [6, 6.07) is 5.93. The first-order valence-electron chi connectivity index (χ1n) is 6.03. The van der Waals surface area contributed by atoms with E-state index in [9.17, 15) is 8.42 Å². The average Bonchev–Trinajstić information content (AvgIpc) is 2.27. The van der Waals surface area contributed by atoms with Crippen LogP contribution in [-0.2, 0) is 16.4 Å². The summed E-state index contributed by atoms with van der Waals surface area (Å²) in [6.45, 7) is 5.82. The standard InChI is InChI=1S/C13H21NO3S/c1-4-14-10-12-7-5-6-11(2)13(12)17-8-9-18(3,15)16/h5-7,14H,4,8-10H2,1-3H3. The van der Waals surface area contributed by atoms with E-state index in [-0.39, 0.29) is 12.4 Å². The van der Waals surface area contributed by atoms with E-state index in [1.54, 1.807) is 0 Å². The van der Waals surface area contributed by atoms with Crippen molar-refractivity contribution in [2.45, 2.75) is 20.4 Å². The van der Waals surface area contributed by atoms with Gasteiger partial charge in [0.1, 0.15) is 12.4 Å². The van der Waals surface area contributed by atoms with Crippen molar-refractivity contribution in [3.05, 3.63) is 29.3 Å². The Hall–Kier alpha value is -1.07. The Morgan fingerprint density at radius 1 is 1.33 bits per heavy atom. The number of ether oxygens (including phenoxy) is 1. The highest BCUT2D eigenvalue weighted by atomic mass is 32.2. The zero-order valence-corrected chi connectivity index (χ0v) is 12.0. The third-order valence-electron chi connectivity index (χ3n) is 2.56. The number of nitrogens with one attached hydrogen (secondary N) is 1. The van der Waals surface area contributed by atoms with Gasteiger partial charge in [-0.2, -0.15) is 0 Å². The highest BCUT2D eigenvalue weighted by molar-refractivity contribution is 7.90. The molecule has 0 amide bonds. The molecule has 0 aliphatic rings. The van der Waals surface area contributed by atoms with Gasteiger partial charge in [-0.3, -0.25) is 0 Å². The van der Waals surface area contributed by atoms with Crippen LogP contribution in [0.25, 0.3) is 0 Å². The summed E-state index contributed by atoms with van der Waals surface area (Å²) in [7, 11) is -2.98. The quantitative estimate of drug-likeness (QED) is 0.817. The van der Waals surface area contributed by atoms with Crippen molar-refractivity contribution in [2.24, 2.45) is 0 Å². The van der Waals surface area contributed by atoms with E-state index in [1.807, 2.05) is 32.0 Å². The predicted octanol–water partition coefficient (Wildman–Crippen LogP) is 1.53. The van der Waals surface area contributed by atoms with Gasteiger partial charge in [0, 0.05) is 18.4 Å². The van der Waals surface area contributed by atoms with Crippen LogP contribution >= 0.6 is 0 Å². The maximum Gasteiger partial charge on any atom is 0.150 e. The highest BCUT2D eigenvalue weighted by Crippen LogP contribution is 2.23. The summed E-state index contributed by atoms with van der Waals surface area (Å²) in [6.07, 6.45) is 1.22. The Kier molecular flexibility index (Phi) is 5.62. The zero-order chi connectivity index (χ0) is 13.6. The second-order valence-electron chi connectivity index (χ2n) is 4.32. The maximum absolute atomic E-state index is 11.1. The van der Waals surface area contributed by atoms with Crippen LogP contribution in [0.5, 0.6) is 5.75 Å². The van der Waals surface area contributed by atoms with Crippen molar-refractivity contribution in [1.82, 2.24) is 5.32 Å². The van der Waals surface area contributed by atoms with Crippen LogP contribution in [0.2, 0.25) is 0 Å². The van der Waals surface area contributed by atoms with E-state index in [0.717, 1.165) is 30.0 Å². The minimum Gasteiger partial charge on any atom is -0.492 e. The van der Waals surface area contributed by atoms with Crippen molar-refractivity contribution >= 4 is 9.84 Å². The van der Waals surface area contributed by atoms with Crippen LogP contribution in [0, 0.1) is 6.92 Å². The van der Waals surface area contributed by atoms with Gasteiger partial charge >= 0.3 is 0 Å². The van der Waals surface area contributed by atoms with Gasteiger partial charge in [-0.15, -0.1) is 0 Å². The van der Waals surface area contributed by atoms with Crippen molar-refractivity contribution in [1.29, 1.82) is 0 Å². The van der Waals surface area contributed by atoms with Crippen molar-refractivity contribution in [3.8, 4) is 5.75 Å². The molecule has 0 atom stereocenters. The van der Waals surface area contributed by atoms with E-state index >= 15 is 0 Å². The molecule has 0 fully saturated rings. The molecule has 1 N–H and O–H groups in total. The second kappa shape index (κ2) is 6.75. The molecule has 0 aliphatic heterocycles. The van der Waals surface area contributed by atoms with Crippen LogP contribution in [0.3, 0.4) is 0 Å². The molecule has 1 rings (SSSR count). The molecular formula is C13H21NO3S. The number of aryl methyl sites for hydroxylation is 1. The lowest BCUT2D eigenvalue weighted by Gasteiger charge is -2.14. The molecule has 1 aromatic rings. The van der Waals surface area contributed by atoms with Gasteiger partial charge in [-0.25, -0.2) is 8.42 Å². The fraction of sp³-hybridized carbons (Fsp3) is 0.538. The lowest BCUT2D eigenvalue weighted by Crippen LogP contribution is -2.16. The molecule has 102 valence electrons. The molecule has 0 aliphatic carbocycles. The Morgan fingerprint density at radius 2 is 2.06 bits per heavy atom. The Labute approximate surface area is 109 Å². The van der Waals surface area contributed by atoms with Crippen LogP contribution in [0.15, 0.2) is 18.2 Å². The second-order valence-corrected chi connectivity index (χ2v) is 6.58. The fourth-order valence-electron chi connectivity index (χ4n) is 1.61. The largest absolute Gasteiger partial charge is 0.492 e. The number of rotatable bonds is 7. The van der Waals surface area contributed by atoms with E-state index in [4.69, 9.17) is 4.74 Å². The van der Waals surface area contributed by atoms with Gasteiger partial charge in [0.25, 0.3) is 0 Å². The van der Waals surface area contributed by atoms with E-state index in [0.29, 0.717) is 0 Å². The van der Waals surface area contributed by atoms with Gasteiger partial charge < -0.3 is 10.1 Å². The molecule has 0 spiro atoms. The summed E-state index contributed by atoms with van der Waals surface area (Å²) >= 11 is 0. The molecule has 1 aromatic carbocycles. The first kappa shape index (κ1) is 15.0. The number of hydrogen-bond acceptors (Lipinski definition) is 4. The van der Waals surface area contributed by atoms with Crippen molar-refractivity contribution in [3.63, 3.8) is 0 Å². The summed E-state index contributed by atoms with van der Waals surface area (Å²) in [5, 5.41) is 3.24. The van der Waals surface area contributed by atoms with Gasteiger partial charge in [0.2, 0.25) is 0 Å². The third kappa shape index (κ3) is 5.06. The molecule has 0 bridgehead atoms. The van der Waals surface area contributed by atoms with E-state index in [1.165, 1.54) is 6.26 Å². The molecule has 0 heterocycles. The average molecular weight is 271 g/mol. The SMILES string of the molecule is CCNCc1cccc(C)c1OCCS(C)(=O)=O. The van der Waals surface area contributed by atoms with Crippen molar-refractivity contribution in [2.75, 3.05) is 25.2 Å². The first-order valence-corrected chi connectivity index (χ1v) is 8.10. The van der Waals surface area contributed by atoms with Crippen LogP contribution in [0.4, 0.5) is 0 Å². The molecular weight excluding hydrogens is 250 g/mol. The zero-order valence-electron chi connectivity index (χ0n) is 11.2. The number of para-hydroxylation sites is 1. The molecule has 0 aromatic heterocycles. The van der Waals surface area contributed by atoms with Crippen LogP contribution in [0.1, 0.15) is 18.1 Å². The number of benzene rings is 1. The molecule has 4 nitrogen and oxygen atoms in total. The topological polar surface area (TPSA) is 55.4 Å². The first-order chi connectivity index (χ1) is 8.44. The van der Waals surface area contributed by atoms with E-state index < -0.39 is 9.84 Å². The molecule has 0 saturated carbocycles. The molecule has 0 saturated heterocycles. The molecule has 0 unspecified atom stereocenters. The molecule has 18 heavy (non-hydrogen) atoms. The smallest absolute Gasteiger partial charge is 0.150 e. The summed E-state index contributed by atoms with van der Waals surface area (Å²) in [5.74, 6) is 0.837. The number of hydrogen-bond donors (Lipinski definition) is 1. The Balaban J connectivity index is 2.73. The summed E-state index contributed by atoms with van der Waals surface area (Å²) < 4.78 is 27.8. The number of sulfone groups is 1. The predicted molar refractivity (Wildman–Crippen MR) is 73.8 cm³/mol. The fourth-order valence-corrected chi connectivity index (χ4v) is 2.00. The normalized spacial score (nSPS) is 11.5. The summed E-state index contributed by atoms with van der Waals surface area (Å²) in [5.41, 5.74) is 2.09. The van der Waals surface area contributed by atoms with Crippen LogP contribution in [-0.4, -0.2) is 33.6 Å². The van der Waals surface area contributed by atoms with E-state index in [2.05, 4.69) is 5.32 Å². The summed E-state index contributed by atoms with van der Waals surface area (Å²) in [4.78, 5) is 0. The molecule has 5 heteroatoms. The third-order valence-corrected chi connectivity index (χ3v) is 3.47. The van der Waals surface area contributed by atoms with Gasteiger partial charge in [-0.1, -0.05) is 25.1 Å². The highest BCUT2D eigenvalue weighted by Gasteiger charge is 2.08. The van der Waals surface area contributed by atoms with Gasteiger partial charge in [0.15, 0.2) is 9.84 Å². The Morgan fingerprint density at radius 3 is 2.67 bits per heavy atom. The van der Waals surface area contributed by atoms with Gasteiger partial charge in [0.05, 0.1) is 5.75 Å². The van der Waals surface area contributed by atoms with Gasteiger partial charge in [-0.05, 0) is 19.0 Å².